The molecule has 1 aliphatic heterocycles. The molecule has 1 aromatic carbocycles. The molecular weight excluding hydrogens is 268 g/mol. The lowest BCUT2D eigenvalue weighted by Crippen LogP contribution is -2.38. The van der Waals surface area contributed by atoms with E-state index in [2.05, 4.69) is 22.0 Å². The molecule has 21 heavy (non-hydrogen) atoms. The summed E-state index contributed by atoms with van der Waals surface area (Å²) in [6, 6.07) is 7.63. The Balaban J connectivity index is 1.70. The Hall–Kier alpha value is -2.28. The van der Waals surface area contributed by atoms with Crippen LogP contribution in [0.15, 0.2) is 24.3 Å². The number of likely N-dealkylation sites (N-methyl/N-ethyl adjacent to an activating group) is 1. The molecule has 1 aliphatic rings. The minimum absolute atomic E-state index is 0.165. The highest BCUT2D eigenvalue weighted by molar-refractivity contribution is 5.43. The van der Waals surface area contributed by atoms with E-state index in [4.69, 9.17) is 16.2 Å². The van der Waals surface area contributed by atoms with Crippen LogP contribution in [0.3, 0.4) is 0 Å². The summed E-state index contributed by atoms with van der Waals surface area (Å²) in [5.74, 6) is 1.29. The number of anilines is 2. The Morgan fingerprint density at radius 3 is 2.62 bits per heavy atom. The van der Waals surface area contributed by atoms with Crippen molar-refractivity contribution in [2.75, 3.05) is 31.6 Å². The van der Waals surface area contributed by atoms with Gasteiger partial charge in [0, 0.05) is 6.54 Å². The summed E-state index contributed by atoms with van der Waals surface area (Å²) in [4.78, 5) is 6.18. The molecule has 0 aliphatic carbocycles. The minimum atomic E-state index is 0.165. The highest BCUT2D eigenvalue weighted by atomic mass is 16.5. The Morgan fingerprint density at radius 2 is 2.00 bits per heavy atom. The molecule has 2 aromatic rings. The van der Waals surface area contributed by atoms with Crippen LogP contribution in [0.2, 0.25) is 0 Å². The van der Waals surface area contributed by atoms with Gasteiger partial charge < -0.3 is 21.1 Å². The predicted molar refractivity (Wildman–Crippen MR) is 81.3 cm³/mol. The zero-order valence-electron chi connectivity index (χ0n) is 12.1. The van der Waals surface area contributed by atoms with Crippen molar-refractivity contribution in [3.63, 3.8) is 0 Å². The molecule has 0 bridgehead atoms. The van der Waals surface area contributed by atoms with E-state index in [1.807, 2.05) is 24.3 Å². The van der Waals surface area contributed by atoms with E-state index in [0.29, 0.717) is 0 Å². The first kappa shape index (κ1) is 13.7. The quantitative estimate of drug-likeness (QED) is 0.871. The van der Waals surface area contributed by atoms with Crippen LogP contribution in [0.1, 0.15) is 12.8 Å². The molecule has 0 spiro atoms. The molecule has 1 atom stereocenters. The molecule has 3 rings (SSSR count). The third kappa shape index (κ3) is 3.08. The van der Waals surface area contributed by atoms with Crippen LogP contribution in [0.5, 0.6) is 5.75 Å². The van der Waals surface area contributed by atoms with Gasteiger partial charge in [-0.15, -0.1) is 5.10 Å². The van der Waals surface area contributed by atoms with Gasteiger partial charge in [0.25, 0.3) is 0 Å². The Labute approximate surface area is 123 Å². The summed E-state index contributed by atoms with van der Waals surface area (Å²) in [7, 11) is 2.12. The average Bonchev–Trinajstić information content (AvgIpc) is 2.79. The van der Waals surface area contributed by atoms with E-state index in [-0.39, 0.29) is 18.0 Å². The minimum Gasteiger partial charge on any atom is -0.489 e. The lowest BCUT2D eigenvalue weighted by molar-refractivity contribution is 0.104. The molecule has 1 saturated heterocycles. The van der Waals surface area contributed by atoms with Crippen molar-refractivity contribution in [3.8, 4) is 11.4 Å². The molecule has 0 amide bonds. The van der Waals surface area contributed by atoms with Gasteiger partial charge in [-0.3, -0.25) is 0 Å². The van der Waals surface area contributed by atoms with Gasteiger partial charge in [0.05, 0.1) is 5.69 Å². The summed E-state index contributed by atoms with van der Waals surface area (Å²) in [6.45, 7) is 2.11. The smallest absolute Gasteiger partial charge is 0.241 e. The summed E-state index contributed by atoms with van der Waals surface area (Å²) < 4.78 is 7.52. The van der Waals surface area contributed by atoms with E-state index in [9.17, 15) is 0 Å². The molecule has 2 heterocycles. The topological polar surface area (TPSA) is 95.2 Å². The second-order valence-corrected chi connectivity index (χ2v) is 5.38. The zero-order valence-corrected chi connectivity index (χ0v) is 12.1. The van der Waals surface area contributed by atoms with E-state index in [1.165, 1.54) is 11.1 Å². The largest absolute Gasteiger partial charge is 0.489 e. The number of nitrogens with two attached hydrogens (primary N) is 2. The van der Waals surface area contributed by atoms with Crippen molar-refractivity contribution >= 4 is 11.9 Å². The first-order valence-electron chi connectivity index (χ1n) is 7.05. The normalized spacial score (nSPS) is 19.6. The van der Waals surface area contributed by atoms with Gasteiger partial charge in [-0.1, -0.05) is 0 Å². The van der Waals surface area contributed by atoms with Crippen LogP contribution < -0.4 is 16.2 Å². The molecule has 7 nitrogen and oxygen atoms in total. The fourth-order valence-electron chi connectivity index (χ4n) is 2.60. The highest BCUT2D eigenvalue weighted by Gasteiger charge is 2.18. The van der Waals surface area contributed by atoms with Crippen LogP contribution in [0.25, 0.3) is 5.69 Å². The van der Waals surface area contributed by atoms with Crippen LogP contribution in [0, 0.1) is 0 Å². The number of ether oxygens (including phenoxy) is 1. The lowest BCUT2D eigenvalue weighted by Gasteiger charge is -2.30. The highest BCUT2D eigenvalue weighted by Crippen LogP contribution is 2.20. The molecule has 0 saturated carbocycles. The fourth-order valence-corrected chi connectivity index (χ4v) is 2.60. The van der Waals surface area contributed by atoms with E-state index < -0.39 is 0 Å². The van der Waals surface area contributed by atoms with Crippen molar-refractivity contribution in [3.05, 3.63) is 24.3 Å². The van der Waals surface area contributed by atoms with Gasteiger partial charge in [0.1, 0.15) is 11.9 Å². The van der Waals surface area contributed by atoms with Gasteiger partial charge in [0.15, 0.2) is 0 Å². The van der Waals surface area contributed by atoms with Gasteiger partial charge in [-0.05, 0) is 50.7 Å². The Kier molecular flexibility index (Phi) is 3.66. The maximum absolute atomic E-state index is 6.01. The third-order valence-corrected chi connectivity index (χ3v) is 3.61. The monoisotopic (exact) mass is 288 g/mol. The van der Waals surface area contributed by atoms with Gasteiger partial charge in [-0.25, -0.2) is 0 Å². The standard InChI is InChI=1S/C14H20N6O/c1-19-8-2-3-12(9-19)21-11-6-4-10(5-7-11)20-14(16)17-13(15)18-20/h4-7,12H,2-3,8-9H2,1H3,(H4,15,16,17,18). The van der Waals surface area contributed by atoms with E-state index in [1.54, 1.807) is 0 Å². The van der Waals surface area contributed by atoms with Crippen LogP contribution in [-0.4, -0.2) is 45.9 Å². The number of hydrogen-bond acceptors (Lipinski definition) is 6. The molecule has 1 fully saturated rings. The number of piperidine rings is 1. The third-order valence-electron chi connectivity index (χ3n) is 3.61. The Bertz CT molecular complexity index is 608. The molecule has 7 heteroatoms. The summed E-state index contributed by atoms with van der Waals surface area (Å²) in [5, 5.41) is 4.05. The fraction of sp³-hybridized carbons (Fsp3) is 0.429. The molecule has 112 valence electrons. The average molecular weight is 288 g/mol. The number of nitrogens with zero attached hydrogens (tertiary/aromatic N) is 4. The van der Waals surface area contributed by atoms with Crippen molar-refractivity contribution in [2.24, 2.45) is 0 Å². The predicted octanol–water partition coefficient (Wildman–Crippen LogP) is 0.905. The number of aromatic nitrogens is 3. The first-order valence-corrected chi connectivity index (χ1v) is 7.05. The summed E-state index contributed by atoms with van der Waals surface area (Å²) >= 11 is 0. The van der Waals surface area contributed by atoms with Gasteiger partial charge >= 0.3 is 0 Å². The van der Waals surface area contributed by atoms with Gasteiger partial charge in [0.2, 0.25) is 11.9 Å². The summed E-state index contributed by atoms with van der Waals surface area (Å²) in [5.41, 5.74) is 12.1. The maximum atomic E-state index is 6.01. The van der Waals surface area contributed by atoms with Crippen molar-refractivity contribution in [1.82, 2.24) is 19.7 Å². The second-order valence-electron chi connectivity index (χ2n) is 5.38. The first-order chi connectivity index (χ1) is 10.1. The number of nitrogen functional groups attached to an aromatic ring is 2. The van der Waals surface area contributed by atoms with Crippen molar-refractivity contribution < 1.29 is 4.74 Å². The van der Waals surface area contributed by atoms with Gasteiger partial charge in [-0.2, -0.15) is 9.67 Å². The molecule has 1 unspecified atom stereocenters. The van der Waals surface area contributed by atoms with E-state index >= 15 is 0 Å². The molecular formula is C14H20N6O. The number of likely N-dealkylation sites (tertiary alicyclic amines) is 1. The molecule has 1 aromatic heterocycles. The second kappa shape index (κ2) is 5.61. The Morgan fingerprint density at radius 1 is 1.24 bits per heavy atom. The number of rotatable bonds is 3. The van der Waals surface area contributed by atoms with Crippen molar-refractivity contribution in [1.29, 1.82) is 0 Å². The maximum Gasteiger partial charge on any atom is 0.241 e. The van der Waals surface area contributed by atoms with Crippen LogP contribution >= 0.6 is 0 Å². The van der Waals surface area contributed by atoms with Crippen LogP contribution in [0.4, 0.5) is 11.9 Å². The molecule has 4 N–H and O–H groups in total. The number of hydrogen-bond donors (Lipinski definition) is 2. The zero-order chi connectivity index (χ0) is 14.8. The lowest BCUT2D eigenvalue weighted by atomic mass is 10.1. The number of benzene rings is 1. The summed E-state index contributed by atoms with van der Waals surface area (Å²) in [6.07, 6.45) is 2.52. The van der Waals surface area contributed by atoms with Crippen LogP contribution in [-0.2, 0) is 0 Å². The molecule has 0 radical (unpaired) electrons. The van der Waals surface area contributed by atoms with E-state index in [0.717, 1.165) is 30.9 Å². The van der Waals surface area contributed by atoms with Crippen molar-refractivity contribution in [2.45, 2.75) is 18.9 Å². The SMILES string of the molecule is CN1CCCC(Oc2ccc(-n3nc(N)nc3N)cc2)C1.